The Bertz CT molecular complexity index is 1030. The summed E-state index contributed by atoms with van der Waals surface area (Å²) in [5.74, 6) is 1.23. The number of hydrogen-bond acceptors (Lipinski definition) is 3. The van der Waals surface area contributed by atoms with E-state index < -0.39 is 0 Å². The van der Waals surface area contributed by atoms with E-state index in [1.165, 1.54) is 35.4 Å². The van der Waals surface area contributed by atoms with Crippen LogP contribution in [0.3, 0.4) is 0 Å². The van der Waals surface area contributed by atoms with Crippen LogP contribution in [0.15, 0.2) is 42.5 Å². The van der Waals surface area contributed by atoms with Crippen molar-refractivity contribution in [3.8, 4) is 5.75 Å². The Balaban J connectivity index is 1.37. The lowest BCUT2D eigenvalue weighted by Gasteiger charge is -2.49. The van der Waals surface area contributed by atoms with Gasteiger partial charge in [0.2, 0.25) is 0 Å². The highest BCUT2D eigenvalue weighted by atomic mass is 19.1. The Morgan fingerprint density at radius 1 is 1.19 bits per heavy atom. The molecule has 3 aliphatic carbocycles. The summed E-state index contributed by atoms with van der Waals surface area (Å²) in [6.07, 6.45) is 4.31. The van der Waals surface area contributed by atoms with Crippen LogP contribution in [0.1, 0.15) is 60.0 Å². The first-order chi connectivity index (χ1) is 14.9. The maximum Gasteiger partial charge on any atom is 0.251 e. The lowest BCUT2D eigenvalue weighted by Crippen LogP contribution is -2.46. The predicted octanol–water partition coefficient (Wildman–Crippen LogP) is 4.61. The summed E-state index contributed by atoms with van der Waals surface area (Å²) in [7, 11) is 0. The minimum absolute atomic E-state index is 0.119. The number of carbonyl (C=O) groups is 2. The molecule has 2 saturated carbocycles. The number of carbonyl (C=O) groups excluding carboxylic acids is 2. The van der Waals surface area contributed by atoms with Gasteiger partial charge in [0.25, 0.3) is 5.91 Å². The van der Waals surface area contributed by atoms with E-state index in [-0.39, 0.29) is 29.0 Å². The van der Waals surface area contributed by atoms with E-state index in [1.54, 1.807) is 6.07 Å². The number of fused-ring (bicyclic) bond motifs is 5. The minimum Gasteiger partial charge on any atom is -0.508 e. The summed E-state index contributed by atoms with van der Waals surface area (Å²) in [5.41, 5.74) is 2.67. The molecule has 31 heavy (non-hydrogen) atoms. The molecule has 0 spiro atoms. The van der Waals surface area contributed by atoms with Gasteiger partial charge >= 0.3 is 0 Å². The second kappa shape index (κ2) is 7.47. The average Bonchev–Trinajstić information content (AvgIpc) is 3.02. The van der Waals surface area contributed by atoms with Gasteiger partial charge < -0.3 is 10.4 Å². The summed E-state index contributed by atoms with van der Waals surface area (Å²) >= 11 is 0. The van der Waals surface area contributed by atoms with Gasteiger partial charge in [-0.2, -0.15) is 0 Å². The Morgan fingerprint density at radius 3 is 2.74 bits per heavy atom. The maximum atomic E-state index is 13.2. The number of halogens is 1. The smallest absolute Gasteiger partial charge is 0.251 e. The van der Waals surface area contributed by atoms with Crippen molar-refractivity contribution in [2.24, 2.45) is 23.2 Å². The van der Waals surface area contributed by atoms with Crippen LogP contribution in [0.2, 0.25) is 0 Å². The van der Waals surface area contributed by atoms with Crippen LogP contribution in [-0.2, 0) is 11.2 Å². The fraction of sp³-hybridized carbons (Fsp3) is 0.462. The number of nitrogens with one attached hydrogen (secondary N) is 1. The van der Waals surface area contributed by atoms with Gasteiger partial charge in [0.15, 0.2) is 0 Å². The zero-order valence-electron chi connectivity index (χ0n) is 17.7. The van der Waals surface area contributed by atoms with E-state index in [0.29, 0.717) is 41.9 Å². The number of Topliss-reactive ketones (excluding diaryl/α,β-unsaturated/α-hetero) is 1. The molecule has 162 valence electrons. The number of hydrogen-bond donors (Lipinski definition) is 2. The first-order valence-electron chi connectivity index (χ1n) is 11.3. The van der Waals surface area contributed by atoms with Crippen LogP contribution in [0, 0.1) is 29.0 Å². The number of phenolic OH excluding ortho intramolecular Hbond substituents is 1. The monoisotopic (exact) mass is 421 g/mol. The molecular formula is C26H28FNO3. The molecule has 1 amide bonds. The number of benzene rings is 2. The van der Waals surface area contributed by atoms with Gasteiger partial charge in [0, 0.05) is 23.9 Å². The molecular weight excluding hydrogens is 393 g/mol. The molecule has 2 aromatic rings. The summed E-state index contributed by atoms with van der Waals surface area (Å²) < 4.78 is 13.2. The highest BCUT2D eigenvalue weighted by molar-refractivity contribution is 5.94. The minimum atomic E-state index is -0.368. The van der Waals surface area contributed by atoms with Crippen LogP contribution in [0.5, 0.6) is 5.75 Å². The molecule has 5 heteroatoms. The van der Waals surface area contributed by atoms with Crippen molar-refractivity contribution in [1.29, 1.82) is 0 Å². The molecule has 0 saturated heterocycles. The third kappa shape index (κ3) is 3.35. The van der Waals surface area contributed by atoms with E-state index in [4.69, 9.17) is 0 Å². The molecule has 2 N–H and O–H groups in total. The number of ketones is 1. The van der Waals surface area contributed by atoms with Gasteiger partial charge in [-0.25, -0.2) is 4.39 Å². The number of amides is 1. The Labute approximate surface area is 181 Å². The zero-order valence-corrected chi connectivity index (χ0v) is 17.7. The van der Waals surface area contributed by atoms with Crippen LogP contribution in [0.25, 0.3) is 0 Å². The van der Waals surface area contributed by atoms with E-state index >= 15 is 0 Å². The molecule has 0 aromatic heterocycles. The molecule has 5 rings (SSSR count). The maximum absolute atomic E-state index is 13.2. The third-order valence-corrected chi connectivity index (χ3v) is 8.19. The highest BCUT2D eigenvalue weighted by Crippen LogP contribution is 2.61. The van der Waals surface area contributed by atoms with Crippen molar-refractivity contribution in [1.82, 2.24) is 5.32 Å². The van der Waals surface area contributed by atoms with E-state index in [1.807, 2.05) is 6.07 Å². The number of aromatic hydroxyl groups is 1. The van der Waals surface area contributed by atoms with Crippen LogP contribution in [-0.4, -0.2) is 23.3 Å². The SMILES string of the molecule is CC12CCC3c4ccc(O)cc4CC[C@H]3[C@@H]1[C@@H](CNC(=O)c1ccc(F)cc1)CC2=O. The van der Waals surface area contributed by atoms with Crippen molar-refractivity contribution in [2.75, 3.05) is 6.54 Å². The molecule has 0 heterocycles. The molecule has 5 atom stereocenters. The normalized spacial score (nSPS) is 31.5. The van der Waals surface area contributed by atoms with Gasteiger partial charge in [-0.1, -0.05) is 13.0 Å². The predicted molar refractivity (Wildman–Crippen MR) is 115 cm³/mol. The number of aryl methyl sites for hydroxylation is 1. The second-order valence-corrected chi connectivity index (χ2v) is 9.78. The molecule has 0 aliphatic heterocycles. The van der Waals surface area contributed by atoms with Gasteiger partial charge in [-0.05, 0) is 96.9 Å². The van der Waals surface area contributed by atoms with Gasteiger partial charge in [0.05, 0.1) is 0 Å². The number of rotatable bonds is 3. The van der Waals surface area contributed by atoms with Crippen molar-refractivity contribution in [2.45, 2.75) is 44.9 Å². The van der Waals surface area contributed by atoms with Crippen molar-refractivity contribution in [3.05, 3.63) is 65.0 Å². The average molecular weight is 422 g/mol. The van der Waals surface area contributed by atoms with E-state index in [9.17, 15) is 19.1 Å². The Hall–Kier alpha value is -2.69. The molecule has 4 nitrogen and oxygen atoms in total. The quantitative estimate of drug-likeness (QED) is 0.760. The lowest BCUT2D eigenvalue weighted by molar-refractivity contribution is -0.129. The van der Waals surface area contributed by atoms with Crippen molar-refractivity contribution < 1.29 is 19.1 Å². The van der Waals surface area contributed by atoms with E-state index in [0.717, 1.165) is 25.7 Å². The fourth-order valence-corrected chi connectivity index (χ4v) is 6.74. The zero-order chi connectivity index (χ0) is 21.8. The Morgan fingerprint density at radius 2 is 1.97 bits per heavy atom. The topological polar surface area (TPSA) is 66.4 Å². The van der Waals surface area contributed by atoms with Gasteiger partial charge in [0.1, 0.15) is 17.3 Å². The van der Waals surface area contributed by atoms with E-state index in [2.05, 4.69) is 18.3 Å². The third-order valence-electron chi connectivity index (χ3n) is 8.19. The summed E-state index contributed by atoms with van der Waals surface area (Å²) in [4.78, 5) is 25.6. The number of phenols is 1. The molecule has 2 unspecified atom stereocenters. The largest absolute Gasteiger partial charge is 0.508 e. The lowest BCUT2D eigenvalue weighted by atomic mass is 9.54. The van der Waals surface area contributed by atoms with Crippen LogP contribution in [0.4, 0.5) is 4.39 Å². The highest BCUT2D eigenvalue weighted by Gasteiger charge is 2.58. The summed E-state index contributed by atoms with van der Waals surface area (Å²) in [5, 5.41) is 12.9. The molecule has 3 aliphatic rings. The first-order valence-corrected chi connectivity index (χ1v) is 11.3. The van der Waals surface area contributed by atoms with Crippen LogP contribution < -0.4 is 5.32 Å². The first kappa shape index (κ1) is 20.2. The molecule has 2 fully saturated rings. The molecule has 0 bridgehead atoms. The summed E-state index contributed by atoms with van der Waals surface area (Å²) in [6, 6.07) is 11.3. The fourth-order valence-electron chi connectivity index (χ4n) is 6.74. The van der Waals surface area contributed by atoms with Crippen molar-refractivity contribution in [3.63, 3.8) is 0 Å². The van der Waals surface area contributed by atoms with Crippen LogP contribution >= 0.6 is 0 Å². The van der Waals surface area contributed by atoms with Crippen molar-refractivity contribution >= 4 is 11.7 Å². The molecule has 2 aromatic carbocycles. The van der Waals surface area contributed by atoms with Gasteiger partial charge in [-0.15, -0.1) is 0 Å². The standard InChI is InChI=1S/C26H28FNO3/c1-26-11-10-21-20-9-7-19(29)12-16(20)4-8-22(21)24(26)17(13-23(26)30)14-28-25(31)15-2-5-18(27)6-3-15/h2-3,5-7,9,12,17,21-22,24,29H,4,8,10-11,13-14H2,1H3,(H,28,31)/t17-,21?,22-,24+,26?/m1/s1. The Kier molecular flexibility index (Phi) is 4.87. The second-order valence-electron chi connectivity index (χ2n) is 9.78. The molecule has 0 radical (unpaired) electrons. The summed E-state index contributed by atoms with van der Waals surface area (Å²) in [6.45, 7) is 2.60. The van der Waals surface area contributed by atoms with Gasteiger partial charge in [-0.3, -0.25) is 9.59 Å².